The molecule has 0 aliphatic heterocycles. The summed E-state index contributed by atoms with van der Waals surface area (Å²) in [5, 5.41) is 3.18. The van der Waals surface area contributed by atoms with Crippen LogP contribution >= 0.6 is 15.9 Å². The van der Waals surface area contributed by atoms with Gasteiger partial charge < -0.3 is 10.1 Å². The van der Waals surface area contributed by atoms with Crippen molar-refractivity contribution in [1.29, 1.82) is 0 Å². The number of nitrogens with one attached hydrogen (secondary N) is 1. The van der Waals surface area contributed by atoms with E-state index >= 15 is 0 Å². The normalized spacial score (nSPS) is 35.6. The fraction of sp³-hybridized carbons (Fsp3) is 0.667. The van der Waals surface area contributed by atoms with E-state index in [1.807, 2.05) is 6.07 Å². The van der Waals surface area contributed by atoms with Crippen LogP contribution < -0.4 is 10.1 Å². The topological polar surface area (TPSA) is 38.3 Å². The molecule has 4 aliphatic carbocycles. The van der Waals surface area contributed by atoms with Crippen molar-refractivity contribution < 1.29 is 9.53 Å². The maximum absolute atomic E-state index is 13.0. The lowest BCUT2D eigenvalue weighted by molar-refractivity contribution is -0.144. The van der Waals surface area contributed by atoms with Crippen LogP contribution in [0.3, 0.4) is 0 Å². The van der Waals surface area contributed by atoms with Gasteiger partial charge >= 0.3 is 0 Å². The maximum atomic E-state index is 13.0. The van der Waals surface area contributed by atoms with Gasteiger partial charge in [-0.1, -0.05) is 34.1 Å². The summed E-state index contributed by atoms with van der Waals surface area (Å²) < 4.78 is 6.16. The van der Waals surface area contributed by atoms with E-state index < -0.39 is 0 Å². The van der Waals surface area contributed by atoms with Gasteiger partial charge in [-0.2, -0.15) is 0 Å². The summed E-state index contributed by atoms with van der Waals surface area (Å²) in [5.41, 5.74) is 2.16. The molecule has 4 bridgehead atoms. The molecule has 0 radical (unpaired) electrons. The summed E-state index contributed by atoms with van der Waals surface area (Å²) >= 11 is 3.98. The number of hydrogen-bond donors (Lipinski definition) is 1. The largest absolute Gasteiger partial charge is 0.491 e. The SMILES string of the molecule is Cc1cccc(C)c1OCCNC(=O)C12CC3CC(CC(Br)(C3)C1)C2. The standard InChI is InChI=1S/C21H28BrNO2/c1-14-4-3-5-15(2)18(14)25-7-6-23-19(24)20-9-16-8-17(10-20)12-21(22,11-16)13-20/h3-5,16-17H,6-13H2,1-2H3,(H,23,24). The average Bonchev–Trinajstić information content (AvgIpc) is 2.51. The smallest absolute Gasteiger partial charge is 0.226 e. The van der Waals surface area contributed by atoms with Crippen molar-refractivity contribution in [3.05, 3.63) is 29.3 Å². The average molecular weight is 406 g/mol. The lowest BCUT2D eigenvalue weighted by Gasteiger charge is -2.59. The van der Waals surface area contributed by atoms with Gasteiger partial charge in [0, 0.05) is 4.32 Å². The van der Waals surface area contributed by atoms with Crippen LogP contribution in [0.15, 0.2) is 18.2 Å². The summed E-state index contributed by atoms with van der Waals surface area (Å²) in [6.45, 7) is 5.23. The molecule has 1 amide bonds. The van der Waals surface area contributed by atoms with Crippen molar-refractivity contribution in [3.8, 4) is 5.75 Å². The van der Waals surface area contributed by atoms with Crippen molar-refractivity contribution in [3.63, 3.8) is 0 Å². The molecule has 1 aromatic carbocycles. The van der Waals surface area contributed by atoms with Crippen LogP contribution in [0.2, 0.25) is 0 Å². The van der Waals surface area contributed by atoms with E-state index in [9.17, 15) is 4.79 Å². The zero-order valence-corrected chi connectivity index (χ0v) is 16.8. The van der Waals surface area contributed by atoms with E-state index in [1.165, 1.54) is 19.3 Å². The third kappa shape index (κ3) is 3.22. The minimum atomic E-state index is -0.133. The molecule has 0 saturated heterocycles. The highest BCUT2D eigenvalue weighted by atomic mass is 79.9. The number of rotatable bonds is 5. The zero-order chi connectivity index (χ0) is 17.7. The number of amides is 1. The Hall–Kier alpha value is -1.03. The summed E-state index contributed by atoms with van der Waals surface area (Å²) in [4.78, 5) is 13.0. The number of benzene rings is 1. The predicted molar refractivity (Wildman–Crippen MR) is 103 cm³/mol. The number of halogens is 1. The molecule has 25 heavy (non-hydrogen) atoms. The van der Waals surface area contributed by atoms with Gasteiger partial charge in [-0.3, -0.25) is 4.79 Å². The van der Waals surface area contributed by atoms with Crippen molar-refractivity contribution in [2.75, 3.05) is 13.2 Å². The Labute approximate surface area is 159 Å². The molecule has 4 fully saturated rings. The quantitative estimate of drug-likeness (QED) is 0.576. The second-order valence-corrected chi connectivity index (χ2v) is 10.4. The number of carbonyl (C=O) groups is 1. The Bertz CT molecular complexity index is 652. The van der Waals surface area contributed by atoms with Crippen molar-refractivity contribution in [2.24, 2.45) is 17.3 Å². The molecule has 0 heterocycles. The molecule has 136 valence electrons. The van der Waals surface area contributed by atoms with Gasteiger partial charge in [0.2, 0.25) is 5.91 Å². The highest BCUT2D eigenvalue weighted by Crippen LogP contribution is 2.64. The minimum absolute atomic E-state index is 0.133. The van der Waals surface area contributed by atoms with Crippen LogP contribution in [0, 0.1) is 31.1 Å². The van der Waals surface area contributed by atoms with Crippen LogP contribution in [0.25, 0.3) is 0 Å². The number of hydrogen-bond acceptors (Lipinski definition) is 2. The molecule has 4 aliphatic rings. The van der Waals surface area contributed by atoms with Gasteiger partial charge in [0.15, 0.2) is 0 Å². The van der Waals surface area contributed by atoms with E-state index in [1.54, 1.807) is 0 Å². The van der Waals surface area contributed by atoms with Crippen LogP contribution in [-0.4, -0.2) is 23.4 Å². The van der Waals surface area contributed by atoms with E-state index in [2.05, 4.69) is 47.2 Å². The van der Waals surface area contributed by atoms with Crippen molar-refractivity contribution in [1.82, 2.24) is 5.32 Å². The second kappa shape index (κ2) is 6.29. The molecule has 0 spiro atoms. The third-order valence-electron chi connectivity index (χ3n) is 6.51. The van der Waals surface area contributed by atoms with E-state index in [0.29, 0.717) is 13.2 Å². The van der Waals surface area contributed by atoms with Gasteiger partial charge in [-0.25, -0.2) is 0 Å². The molecule has 5 rings (SSSR count). The molecule has 2 atom stereocenters. The van der Waals surface area contributed by atoms with Gasteiger partial charge in [0.05, 0.1) is 12.0 Å². The van der Waals surface area contributed by atoms with Crippen LogP contribution in [0.5, 0.6) is 5.75 Å². The molecule has 4 saturated carbocycles. The van der Waals surface area contributed by atoms with E-state index in [4.69, 9.17) is 4.74 Å². The Morgan fingerprint density at radius 3 is 2.44 bits per heavy atom. The first kappa shape index (κ1) is 17.4. The minimum Gasteiger partial charge on any atom is -0.491 e. The zero-order valence-electron chi connectivity index (χ0n) is 15.2. The monoisotopic (exact) mass is 405 g/mol. The van der Waals surface area contributed by atoms with Gasteiger partial charge in [-0.15, -0.1) is 0 Å². The number of carbonyl (C=O) groups excluding carboxylic acids is 1. The molecule has 3 nitrogen and oxygen atoms in total. The summed E-state index contributed by atoms with van der Waals surface area (Å²) in [6.07, 6.45) is 7.03. The maximum Gasteiger partial charge on any atom is 0.226 e. The van der Waals surface area contributed by atoms with Crippen LogP contribution in [0.1, 0.15) is 49.7 Å². The molecule has 1 N–H and O–H groups in total. The third-order valence-corrected chi connectivity index (χ3v) is 7.44. The summed E-state index contributed by atoms with van der Waals surface area (Å²) in [6, 6.07) is 6.17. The molecule has 2 unspecified atom stereocenters. The van der Waals surface area contributed by atoms with Crippen LogP contribution in [-0.2, 0) is 4.79 Å². The Morgan fingerprint density at radius 1 is 1.20 bits per heavy atom. The predicted octanol–water partition coefficient (Wildman–Crippen LogP) is 4.53. The highest BCUT2D eigenvalue weighted by Gasteiger charge is 2.59. The van der Waals surface area contributed by atoms with E-state index in [-0.39, 0.29) is 15.6 Å². The first-order valence-electron chi connectivity index (χ1n) is 9.55. The molecular formula is C21H28BrNO2. The second-order valence-electron chi connectivity index (χ2n) is 8.72. The van der Waals surface area contributed by atoms with Gasteiger partial charge in [0.25, 0.3) is 0 Å². The highest BCUT2D eigenvalue weighted by molar-refractivity contribution is 9.10. The summed E-state index contributed by atoms with van der Waals surface area (Å²) in [7, 11) is 0. The Morgan fingerprint density at radius 2 is 1.84 bits per heavy atom. The molecular weight excluding hydrogens is 378 g/mol. The number of para-hydroxylation sites is 1. The lowest BCUT2D eigenvalue weighted by atomic mass is 9.49. The Balaban J connectivity index is 1.34. The number of aryl methyl sites for hydroxylation is 2. The number of ether oxygens (including phenoxy) is 1. The van der Waals surface area contributed by atoms with Gasteiger partial charge in [-0.05, 0) is 75.3 Å². The fourth-order valence-corrected chi connectivity index (χ4v) is 7.40. The van der Waals surface area contributed by atoms with Crippen molar-refractivity contribution in [2.45, 2.75) is 56.7 Å². The summed E-state index contributed by atoms with van der Waals surface area (Å²) in [5.74, 6) is 2.68. The molecule has 4 heteroatoms. The van der Waals surface area contributed by atoms with E-state index in [0.717, 1.165) is 48.0 Å². The Kier molecular flexibility index (Phi) is 4.38. The number of alkyl halides is 1. The van der Waals surface area contributed by atoms with Crippen molar-refractivity contribution >= 4 is 21.8 Å². The first-order valence-corrected chi connectivity index (χ1v) is 10.3. The lowest BCUT2D eigenvalue weighted by Crippen LogP contribution is -2.58. The fourth-order valence-electron chi connectivity index (χ4n) is 5.95. The molecule has 0 aromatic heterocycles. The van der Waals surface area contributed by atoms with Crippen LogP contribution in [0.4, 0.5) is 0 Å². The molecule has 1 aromatic rings. The van der Waals surface area contributed by atoms with Gasteiger partial charge in [0.1, 0.15) is 12.4 Å². The first-order chi connectivity index (χ1) is 11.9.